The van der Waals surface area contributed by atoms with E-state index in [0.717, 1.165) is 5.56 Å². The third kappa shape index (κ3) is 3.28. The Hall–Kier alpha value is -3.02. The first-order chi connectivity index (χ1) is 12.2. The van der Waals surface area contributed by atoms with E-state index < -0.39 is 18.0 Å². The summed E-state index contributed by atoms with van der Waals surface area (Å²) < 4.78 is 10.3. The highest BCUT2D eigenvalue weighted by Gasteiger charge is 2.46. The van der Waals surface area contributed by atoms with E-state index >= 15 is 0 Å². The van der Waals surface area contributed by atoms with Gasteiger partial charge >= 0.3 is 5.97 Å². The largest absolute Gasteiger partial charge is 0.497 e. The van der Waals surface area contributed by atoms with Crippen LogP contribution in [0.1, 0.15) is 24.0 Å². The summed E-state index contributed by atoms with van der Waals surface area (Å²) in [4.78, 5) is 18.0. The fourth-order valence-electron chi connectivity index (χ4n) is 2.92. The van der Waals surface area contributed by atoms with Gasteiger partial charge in [-0.2, -0.15) is 0 Å². The molecule has 0 fully saturated rings. The molecule has 2 aromatic carbocycles. The van der Waals surface area contributed by atoms with Crippen molar-refractivity contribution in [2.24, 2.45) is 0 Å². The van der Waals surface area contributed by atoms with Gasteiger partial charge in [0.15, 0.2) is 6.10 Å². The molecule has 6 heteroatoms. The number of hydrogen-bond acceptors (Lipinski definition) is 5. The third-order valence-corrected chi connectivity index (χ3v) is 4.07. The summed E-state index contributed by atoms with van der Waals surface area (Å²) in [7, 11) is 1.58. The Balaban J connectivity index is 2.05. The zero-order valence-corrected chi connectivity index (χ0v) is 14.0. The zero-order chi connectivity index (χ0) is 17.8. The molecule has 2 aromatic rings. The molecule has 1 aliphatic rings. The average molecular weight is 341 g/mol. The lowest BCUT2D eigenvalue weighted by Crippen LogP contribution is -2.31. The summed E-state index contributed by atoms with van der Waals surface area (Å²) in [6, 6.07) is 16.4. The maximum absolute atomic E-state index is 12.4. The molecule has 0 radical (unpaired) electrons. The van der Waals surface area contributed by atoms with Crippen LogP contribution in [0.4, 0.5) is 0 Å². The van der Waals surface area contributed by atoms with Gasteiger partial charge in [0.1, 0.15) is 11.7 Å². The van der Waals surface area contributed by atoms with Gasteiger partial charge in [0.05, 0.1) is 13.7 Å². The lowest BCUT2D eigenvalue weighted by Gasteiger charge is -2.18. The van der Waals surface area contributed by atoms with Crippen molar-refractivity contribution in [2.45, 2.75) is 18.9 Å². The van der Waals surface area contributed by atoms with Gasteiger partial charge in [-0.15, -0.1) is 0 Å². The minimum atomic E-state index is -1.03. The lowest BCUT2D eigenvalue weighted by molar-refractivity contribution is -0.737. The Kier molecular flexibility index (Phi) is 4.88. The molecule has 0 spiro atoms. The van der Waals surface area contributed by atoms with Crippen molar-refractivity contribution in [3.63, 3.8) is 0 Å². The fourth-order valence-corrected chi connectivity index (χ4v) is 2.92. The molecule has 0 bridgehead atoms. The van der Waals surface area contributed by atoms with E-state index in [0.29, 0.717) is 21.9 Å². The fraction of sp³-hybridized carbons (Fsp3) is 0.263. The van der Waals surface area contributed by atoms with Gasteiger partial charge in [-0.25, -0.2) is 0 Å². The number of carbonyl (C=O) groups is 1. The summed E-state index contributed by atoms with van der Waals surface area (Å²) in [5, 5.41) is 12.4. The molecule has 2 unspecified atom stereocenters. The Bertz CT molecular complexity index is 770. The number of ether oxygens (including phenoxy) is 2. The van der Waals surface area contributed by atoms with Gasteiger partial charge in [-0.3, -0.25) is 10.0 Å². The Morgan fingerprint density at radius 1 is 1.16 bits per heavy atom. The molecule has 1 heterocycles. The molecular weight excluding hydrogens is 322 g/mol. The van der Waals surface area contributed by atoms with Crippen molar-refractivity contribution < 1.29 is 24.0 Å². The van der Waals surface area contributed by atoms with E-state index in [-0.39, 0.29) is 6.61 Å². The maximum atomic E-state index is 12.4. The van der Waals surface area contributed by atoms with Gasteiger partial charge in [-0.1, -0.05) is 30.3 Å². The average Bonchev–Trinajstić information content (AvgIpc) is 3.00. The van der Waals surface area contributed by atoms with E-state index in [1.54, 1.807) is 26.2 Å². The Labute approximate surface area is 145 Å². The molecule has 3 rings (SSSR count). The minimum absolute atomic E-state index is 0.216. The summed E-state index contributed by atoms with van der Waals surface area (Å²) in [5.74, 6) is -0.435. The van der Waals surface area contributed by atoms with Gasteiger partial charge < -0.3 is 14.3 Å². The van der Waals surface area contributed by atoms with Crippen molar-refractivity contribution in [3.05, 3.63) is 70.9 Å². The maximum Gasteiger partial charge on any atom is 0.326 e. The van der Waals surface area contributed by atoms with Crippen LogP contribution in [-0.2, 0) is 14.4 Å². The second kappa shape index (κ2) is 7.25. The van der Waals surface area contributed by atoms with Crippen LogP contribution in [0.15, 0.2) is 54.6 Å². The molecule has 1 aliphatic heterocycles. The number of hydrogen-bond donors (Lipinski definition) is 0. The molecule has 0 N–H and O–H groups in total. The summed E-state index contributed by atoms with van der Waals surface area (Å²) in [6.45, 7) is 1.93. The molecule has 0 aromatic heterocycles. The summed E-state index contributed by atoms with van der Waals surface area (Å²) in [5.41, 5.74) is 1.85. The van der Waals surface area contributed by atoms with Gasteiger partial charge in [0.2, 0.25) is 0 Å². The molecule has 6 nitrogen and oxygen atoms in total. The highest BCUT2D eigenvalue weighted by molar-refractivity contribution is 6.05. The van der Waals surface area contributed by atoms with E-state index in [4.69, 9.17) is 14.3 Å². The highest BCUT2D eigenvalue weighted by Crippen LogP contribution is 2.33. The first-order valence-corrected chi connectivity index (χ1v) is 8.02. The Morgan fingerprint density at radius 3 is 2.44 bits per heavy atom. The van der Waals surface area contributed by atoms with Crippen molar-refractivity contribution in [1.29, 1.82) is 0 Å². The van der Waals surface area contributed by atoms with Gasteiger partial charge in [-0.05, 0) is 36.8 Å². The molecular formula is C19H19NO5. The minimum Gasteiger partial charge on any atom is -0.497 e. The molecule has 25 heavy (non-hydrogen) atoms. The SMILES string of the molecule is CCOC(=O)C1O[N+]([O-])=C(c2ccccc2)C1c1ccc(OC)cc1. The number of methoxy groups -OCH3 is 1. The van der Waals surface area contributed by atoms with Crippen LogP contribution in [0.3, 0.4) is 0 Å². The number of esters is 1. The summed E-state index contributed by atoms with van der Waals surface area (Å²) in [6.07, 6.45) is -1.03. The van der Waals surface area contributed by atoms with E-state index in [2.05, 4.69) is 0 Å². The number of benzene rings is 2. The highest BCUT2D eigenvalue weighted by atomic mass is 16.9. The number of carbonyl (C=O) groups excluding carboxylic acids is 1. The van der Waals surface area contributed by atoms with Crippen molar-refractivity contribution in [3.8, 4) is 5.75 Å². The van der Waals surface area contributed by atoms with Crippen LogP contribution in [0.25, 0.3) is 0 Å². The molecule has 2 atom stereocenters. The van der Waals surface area contributed by atoms with Crippen LogP contribution < -0.4 is 4.74 Å². The second-order valence-electron chi connectivity index (χ2n) is 5.54. The van der Waals surface area contributed by atoms with Crippen LogP contribution in [-0.4, -0.2) is 36.4 Å². The van der Waals surface area contributed by atoms with Crippen molar-refractivity contribution >= 4 is 11.7 Å². The van der Waals surface area contributed by atoms with E-state index in [1.807, 2.05) is 42.5 Å². The van der Waals surface area contributed by atoms with E-state index in [1.165, 1.54) is 0 Å². The number of nitrogens with zero attached hydrogens (tertiary/aromatic N) is 1. The molecule has 0 saturated heterocycles. The monoisotopic (exact) mass is 341 g/mol. The quantitative estimate of drug-likeness (QED) is 0.618. The van der Waals surface area contributed by atoms with Gasteiger partial charge in [0, 0.05) is 10.5 Å². The zero-order valence-electron chi connectivity index (χ0n) is 14.0. The second-order valence-corrected chi connectivity index (χ2v) is 5.54. The van der Waals surface area contributed by atoms with Crippen LogP contribution in [0.5, 0.6) is 5.75 Å². The van der Waals surface area contributed by atoms with Crippen LogP contribution in [0.2, 0.25) is 0 Å². The third-order valence-electron chi connectivity index (χ3n) is 4.07. The van der Waals surface area contributed by atoms with Crippen molar-refractivity contribution in [2.75, 3.05) is 13.7 Å². The van der Waals surface area contributed by atoms with Gasteiger partial charge in [0.25, 0.3) is 5.71 Å². The first kappa shape index (κ1) is 16.8. The molecule has 0 amide bonds. The topological polar surface area (TPSA) is 70.8 Å². The predicted molar refractivity (Wildman–Crippen MR) is 91.4 cm³/mol. The first-order valence-electron chi connectivity index (χ1n) is 8.02. The molecule has 130 valence electrons. The number of rotatable bonds is 5. The molecule has 0 saturated carbocycles. The standard InChI is InChI=1S/C19H19NO5/c1-3-24-19(21)18-16(13-9-11-15(23-2)12-10-13)17(20(22)25-18)14-7-5-4-6-8-14/h4-12,16,18H,3H2,1-2H3. The molecule has 0 aliphatic carbocycles. The Morgan fingerprint density at radius 2 is 1.84 bits per heavy atom. The smallest absolute Gasteiger partial charge is 0.326 e. The summed E-state index contributed by atoms with van der Waals surface area (Å²) >= 11 is 0. The predicted octanol–water partition coefficient (Wildman–Crippen LogP) is 2.66. The van der Waals surface area contributed by atoms with Crippen LogP contribution in [0, 0.1) is 5.21 Å². The van der Waals surface area contributed by atoms with Crippen molar-refractivity contribution in [1.82, 2.24) is 0 Å². The van der Waals surface area contributed by atoms with Crippen LogP contribution >= 0.6 is 0 Å². The lowest BCUT2D eigenvalue weighted by atomic mass is 9.86. The normalized spacial score (nSPS) is 19.4. The van der Waals surface area contributed by atoms with E-state index in [9.17, 15) is 10.0 Å².